The lowest BCUT2D eigenvalue weighted by Gasteiger charge is -2.16. The van der Waals surface area contributed by atoms with Crippen LogP contribution in [0.5, 0.6) is 0 Å². The van der Waals surface area contributed by atoms with Gasteiger partial charge in [0.2, 0.25) is 5.91 Å². The van der Waals surface area contributed by atoms with E-state index in [1.807, 2.05) is 0 Å². The number of hydrogen-bond donors (Lipinski definition) is 2. The largest absolute Gasteiger partial charge is 0.373 e. The molecule has 0 aliphatic rings. The van der Waals surface area contributed by atoms with Gasteiger partial charge in [0, 0.05) is 6.54 Å². The van der Waals surface area contributed by atoms with Crippen LogP contribution >= 0.6 is 23.2 Å². The van der Waals surface area contributed by atoms with Crippen molar-refractivity contribution in [3.63, 3.8) is 0 Å². The highest BCUT2D eigenvalue weighted by Gasteiger charge is 2.14. The fraction of sp³-hybridized carbons (Fsp3) is 0.500. The average molecular weight is 303 g/mol. The summed E-state index contributed by atoms with van der Waals surface area (Å²) in [6.07, 6.45) is 3.27. The first kappa shape index (κ1) is 16.1. The number of rotatable bonds is 7. The van der Waals surface area contributed by atoms with Gasteiger partial charge in [-0.05, 0) is 25.5 Å². The average Bonchev–Trinajstić information content (AvgIpc) is 2.39. The number of benzene rings is 1. The fourth-order valence-electron chi connectivity index (χ4n) is 1.65. The maximum atomic E-state index is 11.9. The molecule has 3 nitrogen and oxygen atoms in total. The lowest BCUT2D eigenvalue weighted by molar-refractivity contribution is -0.121. The first-order valence-corrected chi connectivity index (χ1v) is 7.30. The molecule has 106 valence electrons. The minimum absolute atomic E-state index is 0.0351. The number of carbonyl (C=O) groups excluding carboxylic acids is 1. The molecule has 1 aromatic rings. The van der Waals surface area contributed by atoms with Crippen LogP contribution < -0.4 is 10.6 Å². The van der Waals surface area contributed by atoms with Crippen molar-refractivity contribution in [2.45, 2.75) is 39.2 Å². The molecule has 0 aliphatic heterocycles. The number of carbonyl (C=O) groups is 1. The third-order valence-corrected chi connectivity index (χ3v) is 3.62. The van der Waals surface area contributed by atoms with E-state index in [0.717, 1.165) is 19.3 Å². The third-order valence-electron chi connectivity index (χ3n) is 2.80. The predicted octanol–water partition coefficient (Wildman–Crippen LogP) is 4.10. The lowest BCUT2D eigenvalue weighted by Crippen LogP contribution is -2.38. The molecular formula is C14H20Cl2N2O. The van der Waals surface area contributed by atoms with E-state index < -0.39 is 0 Å². The number of anilines is 1. The summed E-state index contributed by atoms with van der Waals surface area (Å²) in [5.74, 6) is -0.0351. The minimum atomic E-state index is -0.349. The Morgan fingerprint density at radius 1 is 1.32 bits per heavy atom. The van der Waals surface area contributed by atoms with Crippen LogP contribution in [0.15, 0.2) is 18.2 Å². The zero-order chi connectivity index (χ0) is 14.3. The van der Waals surface area contributed by atoms with E-state index in [2.05, 4.69) is 17.6 Å². The van der Waals surface area contributed by atoms with Gasteiger partial charge in [-0.15, -0.1) is 0 Å². The Kier molecular flexibility index (Phi) is 7.03. The van der Waals surface area contributed by atoms with E-state index in [9.17, 15) is 4.79 Å². The number of halogens is 2. The molecule has 0 saturated heterocycles. The second kappa shape index (κ2) is 8.28. The maximum absolute atomic E-state index is 11.9. The molecule has 0 spiro atoms. The quantitative estimate of drug-likeness (QED) is 0.745. The van der Waals surface area contributed by atoms with Gasteiger partial charge in [0.25, 0.3) is 0 Å². The second-order valence-corrected chi connectivity index (χ2v) is 5.25. The fourth-order valence-corrected chi connectivity index (χ4v) is 2.01. The van der Waals surface area contributed by atoms with Gasteiger partial charge in [-0.2, -0.15) is 0 Å². The van der Waals surface area contributed by atoms with Crippen LogP contribution in [0.2, 0.25) is 10.0 Å². The second-order valence-electron chi connectivity index (χ2n) is 4.47. The number of nitrogens with one attached hydrogen (secondary N) is 2. The monoisotopic (exact) mass is 302 g/mol. The van der Waals surface area contributed by atoms with Crippen LogP contribution in [-0.2, 0) is 4.79 Å². The molecule has 0 bridgehead atoms. The molecule has 5 heteroatoms. The van der Waals surface area contributed by atoms with Crippen LogP contribution in [0.1, 0.15) is 33.1 Å². The molecule has 1 atom stereocenters. The van der Waals surface area contributed by atoms with Gasteiger partial charge in [0.1, 0.15) is 6.04 Å². The molecule has 1 amide bonds. The zero-order valence-corrected chi connectivity index (χ0v) is 12.8. The summed E-state index contributed by atoms with van der Waals surface area (Å²) in [5, 5.41) is 6.87. The van der Waals surface area contributed by atoms with Crippen molar-refractivity contribution in [3.05, 3.63) is 28.2 Å². The summed E-state index contributed by atoms with van der Waals surface area (Å²) in [4.78, 5) is 11.9. The topological polar surface area (TPSA) is 41.1 Å². The maximum Gasteiger partial charge on any atom is 0.242 e. The van der Waals surface area contributed by atoms with Gasteiger partial charge in [-0.25, -0.2) is 0 Å². The van der Waals surface area contributed by atoms with Crippen molar-refractivity contribution >= 4 is 34.8 Å². The van der Waals surface area contributed by atoms with Crippen LogP contribution in [0, 0.1) is 0 Å². The highest BCUT2D eigenvalue weighted by molar-refractivity contribution is 6.43. The lowest BCUT2D eigenvalue weighted by atomic mass is 10.2. The summed E-state index contributed by atoms with van der Waals surface area (Å²) < 4.78 is 0. The van der Waals surface area contributed by atoms with Crippen molar-refractivity contribution in [1.82, 2.24) is 5.32 Å². The summed E-state index contributed by atoms with van der Waals surface area (Å²) in [7, 11) is 0. The smallest absolute Gasteiger partial charge is 0.242 e. The van der Waals surface area contributed by atoms with E-state index >= 15 is 0 Å². The molecule has 19 heavy (non-hydrogen) atoms. The minimum Gasteiger partial charge on any atom is -0.373 e. The Bertz CT molecular complexity index is 424. The molecule has 1 rings (SSSR count). The van der Waals surface area contributed by atoms with Crippen LogP contribution in [-0.4, -0.2) is 18.5 Å². The van der Waals surface area contributed by atoms with Crippen molar-refractivity contribution in [1.29, 1.82) is 0 Å². The van der Waals surface area contributed by atoms with E-state index in [0.29, 0.717) is 22.3 Å². The Balaban J connectivity index is 2.47. The summed E-state index contributed by atoms with van der Waals surface area (Å²) >= 11 is 12.0. The SMILES string of the molecule is CCCCCNC(=O)C(C)Nc1cccc(Cl)c1Cl. The van der Waals surface area contributed by atoms with Crippen LogP contribution in [0.3, 0.4) is 0 Å². The molecule has 0 fully saturated rings. The molecule has 0 heterocycles. The molecular weight excluding hydrogens is 283 g/mol. The third kappa shape index (κ3) is 5.29. The first-order chi connectivity index (χ1) is 9.06. The molecule has 0 saturated carbocycles. The Morgan fingerprint density at radius 2 is 2.05 bits per heavy atom. The predicted molar refractivity (Wildman–Crippen MR) is 82.1 cm³/mol. The van der Waals surface area contributed by atoms with Crippen LogP contribution in [0.25, 0.3) is 0 Å². The first-order valence-electron chi connectivity index (χ1n) is 6.54. The molecule has 0 aromatic heterocycles. The van der Waals surface area contributed by atoms with Crippen molar-refractivity contribution in [2.24, 2.45) is 0 Å². The van der Waals surface area contributed by atoms with Crippen molar-refractivity contribution in [2.75, 3.05) is 11.9 Å². The molecule has 2 N–H and O–H groups in total. The van der Waals surface area contributed by atoms with Gasteiger partial charge in [-0.3, -0.25) is 4.79 Å². The van der Waals surface area contributed by atoms with Gasteiger partial charge >= 0.3 is 0 Å². The van der Waals surface area contributed by atoms with Crippen molar-refractivity contribution in [3.8, 4) is 0 Å². The molecule has 0 radical (unpaired) electrons. The Labute approximate surface area is 124 Å². The van der Waals surface area contributed by atoms with Gasteiger partial charge in [0.05, 0.1) is 15.7 Å². The number of unbranched alkanes of at least 4 members (excludes halogenated alkanes) is 2. The summed E-state index contributed by atoms with van der Waals surface area (Å²) in [6, 6.07) is 4.96. The van der Waals surface area contributed by atoms with E-state index in [1.54, 1.807) is 25.1 Å². The highest BCUT2D eigenvalue weighted by Crippen LogP contribution is 2.29. The zero-order valence-electron chi connectivity index (χ0n) is 11.3. The van der Waals surface area contributed by atoms with E-state index in [1.165, 1.54) is 0 Å². The summed E-state index contributed by atoms with van der Waals surface area (Å²) in [6.45, 7) is 4.64. The van der Waals surface area contributed by atoms with Gasteiger partial charge in [-0.1, -0.05) is 49.0 Å². The molecule has 0 aliphatic carbocycles. The number of hydrogen-bond acceptors (Lipinski definition) is 2. The highest BCUT2D eigenvalue weighted by atomic mass is 35.5. The Morgan fingerprint density at radius 3 is 2.74 bits per heavy atom. The number of amides is 1. The summed E-state index contributed by atoms with van der Waals surface area (Å²) in [5.41, 5.74) is 0.672. The van der Waals surface area contributed by atoms with E-state index in [4.69, 9.17) is 23.2 Å². The van der Waals surface area contributed by atoms with Gasteiger partial charge < -0.3 is 10.6 Å². The van der Waals surface area contributed by atoms with Crippen molar-refractivity contribution < 1.29 is 4.79 Å². The van der Waals surface area contributed by atoms with E-state index in [-0.39, 0.29) is 11.9 Å². The Hall–Kier alpha value is -0.930. The van der Waals surface area contributed by atoms with Gasteiger partial charge in [0.15, 0.2) is 0 Å². The standard InChI is InChI=1S/C14H20Cl2N2O/c1-3-4-5-9-17-14(19)10(2)18-12-8-6-7-11(15)13(12)16/h6-8,10,18H,3-5,9H2,1-2H3,(H,17,19). The normalized spacial score (nSPS) is 12.0. The van der Waals surface area contributed by atoms with Crippen LogP contribution in [0.4, 0.5) is 5.69 Å². The molecule has 1 unspecified atom stereocenters. The molecule has 1 aromatic carbocycles.